The van der Waals surface area contributed by atoms with Gasteiger partial charge in [0.2, 0.25) is 0 Å². The second-order valence-electron chi connectivity index (χ2n) is 5.39. The summed E-state index contributed by atoms with van der Waals surface area (Å²) < 4.78 is 1.28. The number of nitrogens with zero attached hydrogens (tertiary/aromatic N) is 2. The van der Waals surface area contributed by atoms with Crippen LogP contribution in [0.3, 0.4) is 0 Å². The van der Waals surface area contributed by atoms with Gasteiger partial charge in [-0.2, -0.15) is 0 Å². The number of anilines is 1. The smallest absolute Gasteiger partial charge is 0.113 e. The average molecular weight is 280 g/mol. The molecular weight excluding hydrogens is 264 g/mol. The molecule has 0 saturated heterocycles. The monoisotopic (exact) mass is 280 g/mol. The van der Waals surface area contributed by atoms with E-state index < -0.39 is 0 Å². The fourth-order valence-electron chi connectivity index (χ4n) is 3.00. The van der Waals surface area contributed by atoms with Crippen molar-refractivity contribution in [1.82, 2.24) is 4.98 Å². The van der Waals surface area contributed by atoms with E-state index in [1.54, 1.807) is 0 Å². The van der Waals surface area contributed by atoms with Crippen LogP contribution in [0.5, 0.6) is 0 Å². The molecule has 1 aromatic heterocycles. The Labute approximate surface area is 122 Å². The number of benzene rings is 2. The summed E-state index contributed by atoms with van der Waals surface area (Å²) in [6.07, 6.45) is 1.14. The van der Waals surface area contributed by atoms with Gasteiger partial charge in [0, 0.05) is 11.7 Å². The fraction of sp³-hybridized carbons (Fsp3) is 0.235. The van der Waals surface area contributed by atoms with Crippen LogP contribution >= 0.6 is 11.3 Å². The Morgan fingerprint density at radius 2 is 1.95 bits per heavy atom. The maximum absolute atomic E-state index is 4.76. The third-order valence-corrected chi connectivity index (χ3v) is 5.01. The molecule has 0 bridgehead atoms. The van der Waals surface area contributed by atoms with Crippen molar-refractivity contribution in [3.05, 3.63) is 59.1 Å². The SMILES string of the molecule is CC1Cc2ccccc2N1Cc1nc2ccccc2s1. The minimum absolute atomic E-state index is 0.555. The molecule has 1 aliphatic heterocycles. The summed E-state index contributed by atoms with van der Waals surface area (Å²) in [7, 11) is 0. The Morgan fingerprint density at radius 1 is 1.15 bits per heavy atom. The van der Waals surface area contributed by atoms with Crippen LogP contribution in [0.25, 0.3) is 10.2 Å². The zero-order valence-electron chi connectivity index (χ0n) is 11.4. The van der Waals surface area contributed by atoms with Crippen LogP contribution in [0.4, 0.5) is 5.69 Å². The van der Waals surface area contributed by atoms with Gasteiger partial charge in [0.1, 0.15) is 5.01 Å². The van der Waals surface area contributed by atoms with Gasteiger partial charge in [0.15, 0.2) is 0 Å². The Bertz CT molecular complexity index is 729. The first kappa shape index (κ1) is 11.9. The van der Waals surface area contributed by atoms with Crippen LogP contribution in [0.1, 0.15) is 17.5 Å². The van der Waals surface area contributed by atoms with Gasteiger partial charge in [-0.05, 0) is 37.1 Å². The Morgan fingerprint density at radius 3 is 2.85 bits per heavy atom. The molecule has 0 radical (unpaired) electrons. The fourth-order valence-corrected chi connectivity index (χ4v) is 3.97. The van der Waals surface area contributed by atoms with Gasteiger partial charge in [-0.25, -0.2) is 4.98 Å². The first-order valence-corrected chi connectivity index (χ1v) is 7.82. The number of thiazole rings is 1. The van der Waals surface area contributed by atoms with Crippen molar-refractivity contribution < 1.29 is 0 Å². The highest BCUT2D eigenvalue weighted by atomic mass is 32.1. The molecule has 3 heteroatoms. The van der Waals surface area contributed by atoms with E-state index in [9.17, 15) is 0 Å². The van der Waals surface area contributed by atoms with Crippen LogP contribution in [0.2, 0.25) is 0 Å². The summed E-state index contributed by atoms with van der Waals surface area (Å²) in [5.41, 5.74) is 3.95. The lowest BCUT2D eigenvalue weighted by Crippen LogP contribution is -2.28. The molecule has 2 aromatic carbocycles. The lowest BCUT2D eigenvalue weighted by atomic mass is 10.1. The Balaban J connectivity index is 1.68. The van der Waals surface area contributed by atoms with E-state index in [0.717, 1.165) is 18.5 Å². The van der Waals surface area contributed by atoms with E-state index in [-0.39, 0.29) is 0 Å². The quantitative estimate of drug-likeness (QED) is 0.697. The summed E-state index contributed by atoms with van der Waals surface area (Å²) in [5.74, 6) is 0. The summed E-state index contributed by atoms with van der Waals surface area (Å²) in [6.45, 7) is 3.21. The second-order valence-corrected chi connectivity index (χ2v) is 6.50. The first-order chi connectivity index (χ1) is 9.81. The Kier molecular flexibility index (Phi) is 2.74. The van der Waals surface area contributed by atoms with E-state index in [0.29, 0.717) is 6.04 Å². The summed E-state index contributed by atoms with van der Waals surface area (Å²) in [6, 6.07) is 17.7. The molecule has 2 heterocycles. The second kappa shape index (κ2) is 4.60. The topological polar surface area (TPSA) is 16.1 Å². The van der Waals surface area contributed by atoms with Crippen molar-refractivity contribution in [1.29, 1.82) is 0 Å². The van der Waals surface area contributed by atoms with Crippen molar-refractivity contribution in [2.24, 2.45) is 0 Å². The maximum Gasteiger partial charge on any atom is 0.113 e. The average Bonchev–Trinajstić information content (AvgIpc) is 3.00. The third-order valence-electron chi connectivity index (χ3n) is 3.99. The van der Waals surface area contributed by atoms with Gasteiger partial charge in [-0.15, -0.1) is 11.3 Å². The normalized spacial score (nSPS) is 17.6. The largest absolute Gasteiger partial charge is 0.362 e. The number of aromatic nitrogens is 1. The number of para-hydroxylation sites is 2. The molecule has 100 valence electrons. The van der Waals surface area contributed by atoms with Gasteiger partial charge in [0.05, 0.1) is 16.8 Å². The standard InChI is InChI=1S/C17H16N2S/c1-12-10-13-6-2-4-8-15(13)19(12)11-17-18-14-7-3-5-9-16(14)20-17/h2-9,12H,10-11H2,1H3. The highest BCUT2D eigenvalue weighted by Crippen LogP contribution is 2.34. The lowest BCUT2D eigenvalue weighted by molar-refractivity contribution is 0.671. The molecule has 2 nitrogen and oxygen atoms in total. The van der Waals surface area contributed by atoms with Crippen LogP contribution in [-0.4, -0.2) is 11.0 Å². The van der Waals surface area contributed by atoms with Gasteiger partial charge >= 0.3 is 0 Å². The van der Waals surface area contributed by atoms with Gasteiger partial charge < -0.3 is 4.90 Å². The number of hydrogen-bond donors (Lipinski definition) is 0. The maximum atomic E-state index is 4.76. The minimum atomic E-state index is 0.555. The molecule has 0 fully saturated rings. The van der Waals surface area contributed by atoms with Crippen LogP contribution < -0.4 is 4.90 Å². The van der Waals surface area contributed by atoms with Crippen molar-refractivity contribution in [2.75, 3.05) is 4.90 Å². The molecular formula is C17H16N2S. The van der Waals surface area contributed by atoms with Crippen molar-refractivity contribution in [3.63, 3.8) is 0 Å². The molecule has 0 spiro atoms. The zero-order valence-corrected chi connectivity index (χ0v) is 12.2. The molecule has 1 unspecified atom stereocenters. The summed E-state index contributed by atoms with van der Waals surface area (Å²) >= 11 is 1.81. The number of rotatable bonds is 2. The van der Waals surface area contributed by atoms with Gasteiger partial charge in [0.25, 0.3) is 0 Å². The van der Waals surface area contributed by atoms with E-state index in [4.69, 9.17) is 4.98 Å². The van der Waals surface area contributed by atoms with Crippen LogP contribution in [0, 0.1) is 0 Å². The summed E-state index contributed by atoms with van der Waals surface area (Å²) in [5, 5.41) is 1.20. The molecule has 1 atom stereocenters. The minimum Gasteiger partial charge on any atom is -0.362 e. The Hall–Kier alpha value is -1.87. The van der Waals surface area contributed by atoms with Crippen molar-refractivity contribution in [2.45, 2.75) is 25.9 Å². The third kappa shape index (κ3) is 1.90. The highest BCUT2D eigenvalue weighted by molar-refractivity contribution is 7.18. The molecule has 0 saturated carbocycles. The van der Waals surface area contributed by atoms with Crippen molar-refractivity contribution in [3.8, 4) is 0 Å². The number of hydrogen-bond acceptors (Lipinski definition) is 3. The lowest BCUT2D eigenvalue weighted by Gasteiger charge is -2.23. The van der Waals surface area contributed by atoms with Crippen LogP contribution in [0.15, 0.2) is 48.5 Å². The predicted octanol–water partition coefficient (Wildman–Crippen LogP) is 4.25. The van der Waals surface area contributed by atoms with E-state index in [1.165, 1.54) is 21.0 Å². The summed E-state index contributed by atoms with van der Waals surface area (Å²) in [4.78, 5) is 7.24. The van der Waals surface area contributed by atoms with Gasteiger partial charge in [-0.3, -0.25) is 0 Å². The van der Waals surface area contributed by atoms with E-state index in [2.05, 4.69) is 60.4 Å². The molecule has 4 rings (SSSR count). The van der Waals surface area contributed by atoms with E-state index in [1.807, 2.05) is 11.3 Å². The first-order valence-electron chi connectivity index (χ1n) is 7.00. The van der Waals surface area contributed by atoms with Gasteiger partial charge in [-0.1, -0.05) is 30.3 Å². The van der Waals surface area contributed by atoms with Crippen molar-refractivity contribution >= 4 is 27.2 Å². The van der Waals surface area contributed by atoms with E-state index >= 15 is 0 Å². The molecule has 0 aliphatic carbocycles. The van der Waals surface area contributed by atoms with Crippen LogP contribution in [-0.2, 0) is 13.0 Å². The molecule has 20 heavy (non-hydrogen) atoms. The predicted molar refractivity (Wildman–Crippen MR) is 85.4 cm³/mol. The molecule has 3 aromatic rings. The molecule has 1 aliphatic rings. The number of fused-ring (bicyclic) bond motifs is 2. The zero-order chi connectivity index (χ0) is 13.5. The molecule has 0 amide bonds. The molecule has 0 N–H and O–H groups in total. The highest BCUT2D eigenvalue weighted by Gasteiger charge is 2.26.